The van der Waals surface area contributed by atoms with Crippen LogP contribution in [0.25, 0.3) is 11.5 Å². The molecule has 10 nitrogen and oxygen atoms in total. The molecule has 0 saturated heterocycles. The van der Waals surface area contributed by atoms with Crippen molar-refractivity contribution in [1.82, 2.24) is 24.6 Å². The molecule has 0 aliphatic carbocycles. The first-order valence-electron chi connectivity index (χ1n) is 12.6. The lowest BCUT2D eigenvalue weighted by atomic mass is 10.0. The van der Waals surface area contributed by atoms with Gasteiger partial charge in [-0.05, 0) is 63.1 Å². The molecule has 214 valence electrons. The minimum Gasteiger partial charge on any atom is -0.497 e. The molecule has 0 radical (unpaired) electrons. The Bertz CT molecular complexity index is 1420. The number of hydrogen-bond acceptors (Lipinski definition) is 7. The molecular formula is C27H31F3N6O4. The summed E-state index contributed by atoms with van der Waals surface area (Å²) in [6, 6.07) is 7.34. The molecule has 1 aliphatic rings. The smallest absolute Gasteiger partial charge is 0.410 e. The molecule has 0 saturated carbocycles. The average molecular weight is 561 g/mol. The SMILES string of the molecule is COc1cc(CN(C)C(=O)OC(C)(C)C)c2c(c1)C(=O)N(c1cccc(-c3nncn3[C@@H](C)CC(F)(F)F)n1)C2. The third kappa shape index (κ3) is 6.35. The quantitative estimate of drug-likeness (QED) is 0.382. The number of aromatic nitrogens is 4. The summed E-state index contributed by atoms with van der Waals surface area (Å²) < 4.78 is 51.2. The number of methoxy groups -OCH3 is 1. The molecular weight excluding hydrogens is 529 g/mol. The van der Waals surface area contributed by atoms with Crippen molar-refractivity contribution in [2.45, 2.75) is 65.0 Å². The van der Waals surface area contributed by atoms with Crippen molar-refractivity contribution in [2.75, 3.05) is 19.1 Å². The number of ether oxygens (including phenoxy) is 2. The van der Waals surface area contributed by atoms with Crippen LogP contribution in [0.2, 0.25) is 0 Å². The van der Waals surface area contributed by atoms with Gasteiger partial charge in [-0.1, -0.05) is 6.07 Å². The van der Waals surface area contributed by atoms with Crippen molar-refractivity contribution < 1.29 is 32.2 Å². The Kier molecular flexibility index (Phi) is 7.77. The Morgan fingerprint density at radius 3 is 2.58 bits per heavy atom. The van der Waals surface area contributed by atoms with Gasteiger partial charge in [-0.2, -0.15) is 13.2 Å². The highest BCUT2D eigenvalue weighted by Gasteiger charge is 2.34. The molecule has 4 rings (SSSR count). The van der Waals surface area contributed by atoms with Crippen molar-refractivity contribution in [3.8, 4) is 17.3 Å². The number of pyridine rings is 1. The van der Waals surface area contributed by atoms with Gasteiger partial charge < -0.3 is 18.9 Å². The van der Waals surface area contributed by atoms with Crippen LogP contribution < -0.4 is 9.64 Å². The maximum absolute atomic E-state index is 13.5. The molecule has 2 aromatic heterocycles. The number of benzene rings is 1. The Labute approximate surface area is 229 Å². The van der Waals surface area contributed by atoms with E-state index in [1.54, 1.807) is 58.2 Å². The standard InChI is InChI=1S/C27H31F3N6O4/c1-16(12-27(28,29)30)36-15-31-33-23(36)21-8-7-9-22(32-21)35-14-20-17(10-18(39-6)11-19(20)24(35)37)13-34(5)25(38)40-26(2,3)4/h7-11,15-16H,12-14H2,1-6H3/t16-/m0/s1. The molecule has 40 heavy (non-hydrogen) atoms. The van der Waals surface area contributed by atoms with E-state index in [0.29, 0.717) is 28.3 Å². The molecule has 2 amide bonds. The van der Waals surface area contributed by atoms with Gasteiger partial charge in [-0.3, -0.25) is 9.69 Å². The summed E-state index contributed by atoms with van der Waals surface area (Å²) in [7, 11) is 3.09. The molecule has 3 heterocycles. The van der Waals surface area contributed by atoms with Crippen LogP contribution in [-0.2, 0) is 17.8 Å². The molecule has 0 bridgehead atoms. The molecule has 0 fully saturated rings. The van der Waals surface area contributed by atoms with Gasteiger partial charge in [0.25, 0.3) is 5.91 Å². The Morgan fingerprint density at radius 2 is 1.93 bits per heavy atom. The number of nitrogens with zero attached hydrogens (tertiary/aromatic N) is 6. The minimum atomic E-state index is -4.36. The van der Waals surface area contributed by atoms with Gasteiger partial charge in [0.2, 0.25) is 0 Å². The number of hydrogen-bond donors (Lipinski definition) is 0. The van der Waals surface area contributed by atoms with Gasteiger partial charge in [0.05, 0.1) is 20.1 Å². The van der Waals surface area contributed by atoms with Crippen LogP contribution >= 0.6 is 0 Å². The summed E-state index contributed by atoms with van der Waals surface area (Å²) in [5, 5.41) is 7.78. The second-order valence-electron chi connectivity index (χ2n) is 10.7. The highest BCUT2D eigenvalue weighted by Crippen LogP contribution is 2.35. The Balaban J connectivity index is 1.63. The number of halogens is 3. The van der Waals surface area contributed by atoms with Gasteiger partial charge >= 0.3 is 12.3 Å². The van der Waals surface area contributed by atoms with Crippen molar-refractivity contribution >= 4 is 17.8 Å². The fraction of sp³-hybridized carbons (Fsp3) is 0.444. The van der Waals surface area contributed by atoms with Crippen molar-refractivity contribution in [1.29, 1.82) is 0 Å². The molecule has 13 heteroatoms. The van der Waals surface area contributed by atoms with E-state index in [1.807, 2.05) is 0 Å². The van der Waals surface area contributed by atoms with Crippen LogP contribution in [0.5, 0.6) is 5.75 Å². The third-order valence-corrected chi connectivity index (χ3v) is 6.27. The topological polar surface area (TPSA) is 103 Å². The largest absolute Gasteiger partial charge is 0.497 e. The number of amides is 2. The van der Waals surface area contributed by atoms with Crippen molar-refractivity contribution in [2.24, 2.45) is 0 Å². The summed E-state index contributed by atoms with van der Waals surface area (Å²) in [4.78, 5) is 33.5. The highest BCUT2D eigenvalue weighted by atomic mass is 19.4. The van der Waals surface area contributed by atoms with Crippen LogP contribution in [0.4, 0.5) is 23.8 Å². The number of rotatable bonds is 7. The second-order valence-corrected chi connectivity index (χ2v) is 10.7. The molecule has 0 unspecified atom stereocenters. The van der Waals surface area contributed by atoms with E-state index in [2.05, 4.69) is 15.2 Å². The van der Waals surface area contributed by atoms with Gasteiger partial charge in [-0.25, -0.2) is 9.78 Å². The van der Waals surface area contributed by atoms with Gasteiger partial charge in [0.15, 0.2) is 5.82 Å². The molecule has 1 aromatic carbocycles. The van der Waals surface area contributed by atoms with E-state index >= 15 is 0 Å². The summed E-state index contributed by atoms with van der Waals surface area (Å²) >= 11 is 0. The van der Waals surface area contributed by atoms with E-state index < -0.39 is 30.3 Å². The number of alkyl halides is 3. The zero-order valence-electron chi connectivity index (χ0n) is 23.1. The van der Waals surface area contributed by atoms with Crippen LogP contribution in [0.1, 0.15) is 61.6 Å². The predicted octanol–water partition coefficient (Wildman–Crippen LogP) is 5.39. The van der Waals surface area contributed by atoms with Gasteiger partial charge in [0, 0.05) is 25.2 Å². The summed E-state index contributed by atoms with van der Waals surface area (Å²) in [5.74, 6) is 0.577. The maximum atomic E-state index is 13.5. The lowest BCUT2D eigenvalue weighted by Crippen LogP contribution is -2.34. The molecule has 1 aliphatic heterocycles. The first-order valence-corrected chi connectivity index (χ1v) is 12.6. The van der Waals surface area contributed by atoms with Crippen LogP contribution in [-0.4, -0.2) is 62.6 Å². The first-order chi connectivity index (χ1) is 18.7. The minimum absolute atomic E-state index is 0.157. The maximum Gasteiger partial charge on any atom is 0.410 e. The molecule has 0 spiro atoms. The Morgan fingerprint density at radius 1 is 1.20 bits per heavy atom. The fourth-order valence-corrected chi connectivity index (χ4v) is 4.44. The lowest BCUT2D eigenvalue weighted by Gasteiger charge is -2.25. The first kappa shape index (κ1) is 28.8. The number of carbonyl (C=O) groups is 2. The summed E-state index contributed by atoms with van der Waals surface area (Å²) in [6.07, 6.45) is -4.69. The zero-order valence-corrected chi connectivity index (χ0v) is 23.1. The van der Waals surface area contributed by atoms with E-state index in [4.69, 9.17) is 9.47 Å². The van der Waals surface area contributed by atoms with Gasteiger partial charge in [-0.15, -0.1) is 10.2 Å². The Hall–Kier alpha value is -4.16. The number of carbonyl (C=O) groups excluding carboxylic acids is 2. The summed E-state index contributed by atoms with van der Waals surface area (Å²) in [5.41, 5.74) is 1.42. The van der Waals surface area contributed by atoms with E-state index in [-0.39, 0.29) is 30.5 Å². The number of fused-ring (bicyclic) bond motifs is 1. The van der Waals surface area contributed by atoms with Crippen LogP contribution in [0, 0.1) is 0 Å². The van der Waals surface area contributed by atoms with E-state index in [1.165, 1.54) is 34.7 Å². The average Bonchev–Trinajstić information content (AvgIpc) is 3.47. The number of anilines is 1. The zero-order chi connectivity index (χ0) is 29.4. The molecule has 3 aromatic rings. The normalized spacial score (nSPS) is 14.2. The molecule has 1 atom stereocenters. The van der Waals surface area contributed by atoms with Gasteiger partial charge in [0.1, 0.15) is 29.2 Å². The van der Waals surface area contributed by atoms with Crippen LogP contribution in [0.3, 0.4) is 0 Å². The van der Waals surface area contributed by atoms with Crippen molar-refractivity contribution in [3.05, 3.63) is 53.3 Å². The second kappa shape index (κ2) is 10.8. The van der Waals surface area contributed by atoms with E-state index in [9.17, 15) is 22.8 Å². The summed E-state index contributed by atoms with van der Waals surface area (Å²) in [6.45, 7) is 7.10. The van der Waals surface area contributed by atoms with Crippen LogP contribution in [0.15, 0.2) is 36.7 Å². The lowest BCUT2D eigenvalue weighted by molar-refractivity contribution is -0.141. The predicted molar refractivity (Wildman–Crippen MR) is 140 cm³/mol. The highest BCUT2D eigenvalue weighted by molar-refractivity contribution is 6.10. The van der Waals surface area contributed by atoms with Crippen molar-refractivity contribution in [3.63, 3.8) is 0 Å². The molecule has 0 N–H and O–H groups in total. The van der Waals surface area contributed by atoms with E-state index in [0.717, 1.165) is 0 Å². The third-order valence-electron chi connectivity index (χ3n) is 6.27. The fourth-order valence-electron chi connectivity index (χ4n) is 4.44. The monoisotopic (exact) mass is 560 g/mol.